The molecule has 2 amide bonds. The van der Waals surface area contributed by atoms with Gasteiger partial charge in [0.2, 0.25) is 11.8 Å². The van der Waals surface area contributed by atoms with Gasteiger partial charge >= 0.3 is 6.18 Å². The van der Waals surface area contributed by atoms with Gasteiger partial charge in [0.15, 0.2) is 0 Å². The molecule has 1 fully saturated rings. The third kappa shape index (κ3) is 3.21. The number of amides is 2. The number of nitrogens with zero attached hydrogens (tertiary/aromatic N) is 3. The van der Waals surface area contributed by atoms with Crippen LogP contribution in [-0.4, -0.2) is 32.6 Å². The van der Waals surface area contributed by atoms with Crippen molar-refractivity contribution in [2.24, 2.45) is 0 Å². The number of hydrogen-bond donors (Lipinski definition) is 2. The minimum atomic E-state index is -4.53. The van der Waals surface area contributed by atoms with E-state index >= 15 is 0 Å². The molecule has 24 heavy (non-hydrogen) atoms. The van der Waals surface area contributed by atoms with Gasteiger partial charge in [-0.1, -0.05) is 12.1 Å². The summed E-state index contributed by atoms with van der Waals surface area (Å²) >= 11 is 0. The van der Waals surface area contributed by atoms with Crippen molar-refractivity contribution in [3.05, 3.63) is 48.0 Å². The highest BCUT2D eigenvalue weighted by atomic mass is 19.4. The van der Waals surface area contributed by atoms with E-state index in [0.717, 1.165) is 12.1 Å². The Kier molecular flexibility index (Phi) is 3.96. The molecule has 0 bridgehead atoms. The van der Waals surface area contributed by atoms with Gasteiger partial charge < -0.3 is 10.6 Å². The summed E-state index contributed by atoms with van der Waals surface area (Å²) < 4.78 is 39.7. The van der Waals surface area contributed by atoms with Gasteiger partial charge in [0.05, 0.1) is 12.1 Å². The van der Waals surface area contributed by atoms with Crippen molar-refractivity contribution in [2.45, 2.75) is 24.8 Å². The predicted octanol–water partition coefficient (Wildman–Crippen LogP) is 0.653. The summed E-state index contributed by atoms with van der Waals surface area (Å²) in [6.45, 7) is 0.0763. The molecule has 126 valence electrons. The van der Waals surface area contributed by atoms with Crippen LogP contribution in [0.15, 0.2) is 36.9 Å². The molecule has 1 saturated heterocycles. The fourth-order valence-electron chi connectivity index (χ4n) is 2.40. The van der Waals surface area contributed by atoms with Crippen LogP contribution < -0.4 is 10.6 Å². The molecule has 2 atom stereocenters. The molecular weight excluding hydrogens is 327 g/mol. The average molecular weight is 339 g/mol. The van der Waals surface area contributed by atoms with Gasteiger partial charge in [-0.3, -0.25) is 14.3 Å². The van der Waals surface area contributed by atoms with E-state index < -0.39 is 35.6 Å². The molecule has 0 radical (unpaired) electrons. The lowest BCUT2D eigenvalue weighted by molar-refractivity contribution is -0.138. The van der Waals surface area contributed by atoms with Crippen LogP contribution in [-0.2, 0) is 22.3 Å². The molecule has 0 saturated carbocycles. The van der Waals surface area contributed by atoms with E-state index in [1.165, 1.54) is 29.5 Å². The number of nitrogens with one attached hydrogen (secondary N) is 2. The SMILES string of the molecule is O=C1NC(c2cccc(C(F)(F)F)c2)C(=O)NC1Cn1cncn1. The second-order valence-corrected chi connectivity index (χ2v) is 5.24. The third-order valence-electron chi connectivity index (χ3n) is 3.57. The van der Waals surface area contributed by atoms with Gasteiger partial charge in [-0.15, -0.1) is 0 Å². The Morgan fingerprint density at radius 1 is 1.17 bits per heavy atom. The second-order valence-electron chi connectivity index (χ2n) is 5.24. The molecule has 2 unspecified atom stereocenters. The summed E-state index contributed by atoms with van der Waals surface area (Å²) in [5.41, 5.74) is -0.818. The average Bonchev–Trinajstić information content (AvgIpc) is 3.03. The Hall–Kier alpha value is -2.91. The fourth-order valence-corrected chi connectivity index (χ4v) is 2.40. The summed E-state index contributed by atoms with van der Waals surface area (Å²) in [6.07, 6.45) is -1.85. The van der Waals surface area contributed by atoms with Crippen molar-refractivity contribution in [2.75, 3.05) is 0 Å². The van der Waals surface area contributed by atoms with Crippen LogP contribution >= 0.6 is 0 Å². The molecule has 10 heteroatoms. The summed E-state index contributed by atoms with van der Waals surface area (Å²) in [4.78, 5) is 28.0. The van der Waals surface area contributed by atoms with Gasteiger partial charge in [-0.2, -0.15) is 18.3 Å². The number of carbonyl (C=O) groups is 2. The van der Waals surface area contributed by atoms with Crippen LogP contribution in [0.25, 0.3) is 0 Å². The molecule has 7 nitrogen and oxygen atoms in total. The zero-order valence-electron chi connectivity index (χ0n) is 12.1. The van der Waals surface area contributed by atoms with Crippen molar-refractivity contribution in [1.82, 2.24) is 25.4 Å². The van der Waals surface area contributed by atoms with E-state index in [-0.39, 0.29) is 12.1 Å². The summed E-state index contributed by atoms with van der Waals surface area (Å²) in [7, 11) is 0. The van der Waals surface area contributed by atoms with E-state index in [2.05, 4.69) is 20.7 Å². The number of hydrogen-bond acceptors (Lipinski definition) is 4. The first-order valence-electron chi connectivity index (χ1n) is 6.95. The summed E-state index contributed by atoms with van der Waals surface area (Å²) in [5, 5.41) is 8.77. The van der Waals surface area contributed by atoms with E-state index in [4.69, 9.17) is 0 Å². The lowest BCUT2D eigenvalue weighted by Gasteiger charge is -2.29. The van der Waals surface area contributed by atoms with Crippen molar-refractivity contribution < 1.29 is 22.8 Å². The molecule has 1 aliphatic heterocycles. The number of piperazine rings is 1. The van der Waals surface area contributed by atoms with Crippen LogP contribution in [0.3, 0.4) is 0 Å². The number of alkyl halides is 3. The molecule has 1 aliphatic rings. The topological polar surface area (TPSA) is 88.9 Å². The lowest BCUT2D eigenvalue weighted by atomic mass is 10.00. The van der Waals surface area contributed by atoms with Gasteiger partial charge in [0.1, 0.15) is 24.7 Å². The van der Waals surface area contributed by atoms with Crippen LogP contribution in [0.5, 0.6) is 0 Å². The number of benzene rings is 1. The van der Waals surface area contributed by atoms with Crippen molar-refractivity contribution in [3.8, 4) is 0 Å². The highest BCUT2D eigenvalue weighted by molar-refractivity contribution is 5.97. The predicted molar refractivity (Wildman–Crippen MR) is 74.3 cm³/mol. The van der Waals surface area contributed by atoms with Gasteiger partial charge in [-0.05, 0) is 17.7 Å². The number of carbonyl (C=O) groups excluding carboxylic acids is 2. The monoisotopic (exact) mass is 339 g/mol. The maximum absolute atomic E-state index is 12.8. The Balaban J connectivity index is 1.77. The second kappa shape index (κ2) is 5.95. The Bertz CT molecular complexity index is 760. The number of aromatic nitrogens is 3. The molecule has 1 aromatic heterocycles. The number of rotatable bonds is 3. The molecule has 1 aromatic carbocycles. The molecule has 2 heterocycles. The van der Waals surface area contributed by atoms with Crippen LogP contribution in [0.1, 0.15) is 17.2 Å². The molecule has 3 rings (SSSR count). The molecular formula is C14H12F3N5O2. The van der Waals surface area contributed by atoms with E-state index in [1.807, 2.05) is 0 Å². The van der Waals surface area contributed by atoms with Crippen LogP contribution in [0.4, 0.5) is 13.2 Å². The van der Waals surface area contributed by atoms with Crippen LogP contribution in [0.2, 0.25) is 0 Å². The largest absolute Gasteiger partial charge is 0.416 e. The maximum Gasteiger partial charge on any atom is 0.416 e. The van der Waals surface area contributed by atoms with Crippen molar-refractivity contribution in [1.29, 1.82) is 0 Å². The van der Waals surface area contributed by atoms with E-state index in [1.54, 1.807) is 0 Å². The number of halogens is 3. The summed E-state index contributed by atoms with van der Waals surface area (Å²) in [6, 6.07) is 2.26. The first kappa shape index (κ1) is 16.0. The normalized spacial score (nSPS) is 21.3. The Labute approximate surface area is 133 Å². The minimum Gasteiger partial charge on any atom is -0.341 e. The molecule has 2 N–H and O–H groups in total. The highest BCUT2D eigenvalue weighted by Gasteiger charge is 2.36. The Morgan fingerprint density at radius 2 is 1.96 bits per heavy atom. The lowest BCUT2D eigenvalue weighted by Crippen LogP contribution is -2.59. The van der Waals surface area contributed by atoms with E-state index in [9.17, 15) is 22.8 Å². The third-order valence-corrected chi connectivity index (χ3v) is 3.57. The summed E-state index contributed by atoms with van der Waals surface area (Å²) in [5.74, 6) is -1.09. The standard InChI is InChI=1S/C14H12F3N5O2/c15-14(16,17)9-3-1-2-8(4-9)11-13(24)20-10(12(23)21-11)5-22-7-18-6-19-22/h1-4,6-7,10-11H,5H2,(H,20,24)(H,21,23). The first-order valence-corrected chi connectivity index (χ1v) is 6.95. The fraction of sp³-hybridized carbons (Fsp3) is 0.286. The maximum atomic E-state index is 12.8. The van der Waals surface area contributed by atoms with Gasteiger partial charge in [-0.25, -0.2) is 4.98 Å². The molecule has 2 aromatic rings. The highest BCUT2D eigenvalue weighted by Crippen LogP contribution is 2.31. The van der Waals surface area contributed by atoms with Crippen LogP contribution in [0, 0.1) is 0 Å². The Morgan fingerprint density at radius 3 is 2.62 bits per heavy atom. The van der Waals surface area contributed by atoms with Crippen molar-refractivity contribution >= 4 is 11.8 Å². The zero-order chi connectivity index (χ0) is 17.3. The molecule has 0 spiro atoms. The van der Waals surface area contributed by atoms with Crippen molar-refractivity contribution in [3.63, 3.8) is 0 Å². The van der Waals surface area contributed by atoms with Gasteiger partial charge in [0, 0.05) is 0 Å². The first-order chi connectivity index (χ1) is 11.3. The van der Waals surface area contributed by atoms with E-state index in [0.29, 0.717) is 0 Å². The van der Waals surface area contributed by atoms with Gasteiger partial charge in [0.25, 0.3) is 0 Å². The quantitative estimate of drug-likeness (QED) is 0.859. The minimum absolute atomic E-state index is 0.0647. The smallest absolute Gasteiger partial charge is 0.341 e. The molecule has 0 aliphatic carbocycles. The zero-order valence-corrected chi connectivity index (χ0v) is 12.1.